The number of hydrogen-bond acceptors (Lipinski definition) is 1. The van der Waals surface area contributed by atoms with Crippen LogP contribution in [-0.4, -0.2) is 9.38 Å². The maximum absolute atomic E-state index is 11.3. The normalized spacial score (nSPS) is 10.8. The van der Waals surface area contributed by atoms with E-state index in [1.807, 2.05) is 36.7 Å². The predicted molar refractivity (Wildman–Crippen MR) is 47.5 cm³/mol. The summed E-state index contributed by atoms with van der Waals surface area (Å²) in [5.74, 6) is 0. The third-order valence-corrected chi connectivity index (χ3v) is 1.86. The van der Waals surface area contributed by atoms with Crippen molar-refractivity contribution in [2.45, 2.75) is 13.8 Å². The molecule has 0 radical (unpaired) electrons. The summed E-state index contributed by atoms with van der Waals surface area (Å²) in [7, 11) is 0. The molecule has 0 fully saturated rings. The molecule has 0 spiro atoms. The SMILES string of the molecule is Cc1cc2c(=O)[nH]c(C)cn2c1. The number of aryl methyl sites for hydroxylation is 2. The van der Waals surface area contributed by atoms with Gasteiger partial charge in [0.15, 0.2) is 0 Å². The molecule has 0 aliphatic heterocycles. The molecule has 0 amide bonds. The summed E-state index contributed by atoms with van der Waals surface area (Å²) in [4.78, 5) is 14.1. The number of hydrogen-bond donors (Lipinski definition) is 1. The average molecular weight is 162 g/mol. The van der Waals surface area contributed by atoms with E-state index in [-0.39, 0.29) is 5.56 Å². The summed E-state index contributed by atoms with van der Waals surface area (Å²) in [6, 6.07) is 1.87. The second-order valence-electron chi connectivity index (χ2n) is 3.08. The Bertz CT molecular complexity index is 479. The number of H-pyrrole nitrogens is 1. The van der Waals surface area contributed by atoms with Gasteiger partial charge in [0.25, 0.3) is 5.56 Å². The summed E-state index contributed by atoms with van der Waals surface area (Å²) >= 11 is 0. The first-order chi connectivity index (χ1) is 5.66. The Morgan fingerprint density at radius 3 is 2.83 bits per heavy atom. The van der Waals surface area contributed by atoms with Gasteiger partial charge in [-0.15, -0.1) is 0 Å². The topological polar surface area (TPSA) is 37.3 Å². The van der Waals surface area contributed by atoms with Crippen molar-refractivity contribution in [1.82, 2.24) is 9.38 Å². The minimum Gasteiger partial charge on any atom is -0.323 e. The van der Waals surface area contributed by atoms with Crippen molar-refractivity contribution in [3.8, 4) is 0 Å². The zero-order valence-electron chi connectivity index (χ0n) is 7.09. The summed E-state index contributed by atoms with van der Waals surface area (Å²) < 4.78 is 1.85. The van der Waals surface area contributed by atoms with Gasteiger partial charge in [-0.1, -0.05) is 0 Å². The van der Waals surface area contributed by atoms with Crippen LogP contribution in [0.25, 0.3) is 5.52 Å². The first-order valence-corrected chi connectivity index (χ1v) is 3.85. The smallest absolute Gasteiger partial charge is 0.272 e. The van der Waals surface area contributed by atoms with Crippen LogP contribution in [0.3, 0.4) is 0 Å². The van der Waals surface area contributed by atoms with Crippen molar-refractivity contribution in [1.29, 1.82) is 0 Å². The van der Waals surface area contributed by atoms with Gasteiger partial charge in [-0.25, -0.2) is 0 Å². The zero-order valence-corrected chi connectivity index (χ0v) is 7.09. The van der Waals surface area contributed by atoms with E-state index < -0.39 is 0 Å². The van der Waals surface area contributed by atoms with E-state index in [2.05, 4.69) is 4.98 Å². The third kappa shape index (κ3) is 0.942. The van der Waals surface area contributed by atoms with E-state index in [4.69, 9.17) is 0 Å². The Kier molecular flexibility index (Phi) is 1.33. The lowest BCUT2D eigenvalue weighted by Crippen LogP contribution is -2.09. The fourth-order valence-corrected chi connectivity index (χ4v) is 1.39. The van der Waals surface area contributed by atoms with Crippen LogP contribution in [0.5, 0.6) is 0 Å². The molecule has 0 saturated heterocycles. The summed E-state index contributed by atoms with van der Waals surface area (Å²) in [5, 5.41) is 0. The lowest BCUT2D eigenvalue weighted by atomic mass is 10.4. The summed E-state index contributed by atoms with van der Waals surface area (Å²) in [6.07, 6.45) is 3.85. The van der Waals surface area contributed by atoms with Crippen LogP contribution in [0.4, 0.5) is 0 Å². The second kappa shape index (κ2) is 2.24. The van der Waals surface area contributed by atoms with Crippen molar-refractivity contribution in [3.63, 3.8) is 0 Å². The molecule has 0 unspecified atom stereocenters. The second-order valence-corrected chi connectivity index (χ2v) is 3.08. The number of aromatic nitrogens is 2. The van der Waals surface area contributed by atoms with Crippen LogP contribution in [0, 0.1) is 13.8 Å². The zero-order chi connectivity index (χ0) is 8.72. The molecular weight excluding hydrogens is 152 g/mol. The van der Waals surface area contributed by atoms with E-state index in [0.29, 0.717) is 5.52 Å². The van der Waals surface area contributed by atoms with Crippen molar-refractivity contribution in [2.75, 3.05) is 0 Å². The maximum Gasteiger partial charge on any atom is 0.272 e. The molecule has 0 aromatic carbocycles. The van der Waals surface area contributed by atoms with Crippen molar-refractivity contribution in [2.24, 2.45) is 0 Å². The highest BCUT2D eigenvalue weighted by Gasteiger charge is 1.99. The minimum absolute atomic E-state index is 0.0249. The molecule has 3 heteroatoms. The molecular formula is C9H10N2O. The Hall–Kier alpha value is -1.51. The Balaban J connectivity index is 2.98. The molecule has 62 valence electrons. The summed E-state index contributed by atoms with van der Waals surface area (Å²) in [6.45, 7) is 3.85. The highest BCUT2D eigenvalue weighted by molar-refractivity contribution is 5.48. The largest absolute Gasteiger partial charge is 0.323 e. The van der Waals surface area contributed by atoms with Gasteiger partial charge in [-0.2, -0.15) is 0 Å². The van der Waals surface area contributed by atoms with Gasteiger partial charge in [-0.3, -0.25) is 4.79 Å². The number of rotatable bonds is 0. The van der Waals surface area contributed by atoms with Gasteiger partial charge in [0, 0.05) is 18.1 Å². The Labute approximate surface area is 69.7 Å². The van der Waals surface area contributed by atoms with Crippen molar-refractivity contribution >= 4 is 5.52 Å². The standard InChI is InChI=1S/C9H10N2O/c1-6-3-8-9(12)10-7(2)5-11(8)4-6/h3-5H,1-2H3,(H,10,12). The molecule has 2 aromatic heterocycles. The van der Waals surface area contributed by atoms with Gasteiger partial charge in [-0.05, 0) is 25.5 Å². The van der Waals surface area contributed by atoms with Gasteiger partial charge in [0.05, 0.1) is 0 Å². The van der Waals surface area contributed by atoms with E-state index in [0.717, 1.165) is 11.3 Å². The van der Waals surface area contributed by atoms with E-state index in [9.17, 15) is 4.79 Å². The van der Waals surface area contributed by atoms with Crippen LogP contribution in [0.1, 0.15) is 11.3 Å². The maximum atomic E-state index is 11.3. The van der Waals surface area contributed by atoms with Crippen LogP contribution in [0.2, 0.25) is 0 Å². The fourth-order valence-electron chi connectivity index (χ4n) is 1.39. The van der Waals surface area contributed by atoms with E-state index >= 15 is 0 Å². The molecule has 2 aromatic rings. The lowest BCUT2D eigenvalue weighted by molar-refractivity contribution is 1.05. The van der Waals surface area contributed by atoms with Gasteiger partial charge < -0.3 is 9.38 Å². The molecule has 1 N–H and O–H groups in total. The highest BCUT2D eigenvalue weighted by Crippen LogP contribution is 2.04. The number of fused-ring (bicyclic) bond motifs is 1. The molecule has 2 heterocycles. The molecule has 0 aliphatic rings. The monoisotopic (exact) mass is 162 g/mol. The summed E-state index contributed by atoms with van der Waals surface area (Å²) in [5.41, 5.74) is 2.66. The first kappa shape index (κ1) is 7.16. The Morgan fingerprint density at radius 2 is 2.08 bits per heavy atom. The van der Waals surface area contributed by atoms with Crippen LogP contribution in [0.15, 0.2) is 23.3 Å². The molecule has 0 bridgehead atoms. The van der Waals surface area contributed by atoms with Gasteiger partial charge in [0.1, 0.15) is 5.52 Å². The lowest BCUT2D eigenvalue weighted by Gasteiger charge is -1.94. The number of nitrogens with one attached hydrogen (secondary N) is 1. The highest BCUT2D eigenvalue weighted by atomic mass is 16.1. The fraction of sp³-hybridized carbons (Fsp3) is 0.222. The van der Waals surface area contributed by atoms with E-state index in [1.54, 1.807) is 0 Å². The molecule has 0 saturated carbocycles. The third-order valence-electron chi connectivity index (χ3n) is 1.86. The van der Waals surface area contributed by atoms with Crippen LogP contribution in [-0.2, 0) is 0 Å². The molecule has 0 atom stereocenters. The predicted octanol–water partition coefficient (Wildman–Crippen LogP) is 1.24. The first-order valence-electron chi connectivity index (χ1n) is 3.85. The number of nitrogens with zero attached hydrogens (tertiary/aromatic N) is 1. The molecule has 3 nitrogen and oxygen atoms in total. The van der Waals surface area contributed by atoms with Crippen LogP contribution >= 0.6 is 0 Å². The minimum atomic E-state index is -0.0249. The van der Waals surface area contributed by atoms with Gasteiger partial charge in [0.2, 0.25) is 0 Å². The molecule has 2 rings (SSSR count). The van der Waals surface area contributed by atoms with Crippen molar-refractivity contribution in [3.05, 3.63) is 40.1 Å². The number of aromatic amines is 1. The average Bonchev–Trinajstić information content (AvgIpc) is 2.29. The Morgan fingerprint density at radius 1 is 1.33 bits per heavy atom. The van der Waals surface area contributed by atoms with Crippen molar-refractivity contribution < 1.29 is 0 Å². The molecule has 12 heavy (non-hydrogen) atoms. The van der Waals surface area contributed by atoms with Crippen LogP contribution < -0.4 is 5.56 Å². The van der Waals surface area contributed by atoms with Gasteiger partial charge >= 0.3 is 0 Å². The molecule has 0 aliphatic carbocycles. The quantitative estimate of drug-likeness (QED) is 0.621. The van der Waals surface area contributed by atoms with E-state index in [1.165, 1.54) is 0 Å².